The van der Waals surface area contributed by atoms with Gasteiger partial charge in [-0.25, -0.2) is 0 Å². The van der Waals surface area contributed by atoms with Crippen molar-refractivity contribution in [3.63, 3.8) is 0 Å². The standard InChI is InChI=1S/C29H33F3N2O5S/c1-20-12-16-40-26(20)18-33(13-11-21-5-10-24(38-3)25(17-21)39-4)27(35)19-34(14-15-37-2)28(36)22-6-8-23(9-7-22)29(30,31)32/h5-10,12,16-17H,11,13-15,18-19H2,1-4H3. The van der Waals surface area contributed by atoms with Gasteiger partial charge in [0.2, 0.25) is 5.91 Å². The molecular formula is C29H33F3N2O5S. The fourth-order valence-electron chi connectivity index (χ4n) is 4.03. The molecule has 0 aliphatic heterocycles. The molecule has 7 nitrogen and oxygen atoms in total. The molecule has 0 spiro atoms. The van der Waals surface area contributed by atoms with E-state index in [1.807, 2.05) is 30.5 Å². The molecule has 0 saturated carbocycles. The van der Waals surface area contributed by atoms with Gasteiger partial charge in [-0.2, -0.15) is 13.2 Å². The van der Waals surface area contributed by atoms with E-state index in [1.165, 1.54) is 12.0 Å². The number of nitrogens with zero attached hydrogens (tertiary/aromatic N) is 2. The molecule has 0 atom stereocenters. The number of halogens is 3. The number of hydrogen-bond acceptors (Lipinski definition) is 6. The molecule has 3 aromatic rings. The van der Waals surface area contributed by atoms with Gasteiger partial charge in [0.25, 0.3) is 5.91 Å². The number of methoxy groups -OCH3 is 3. The first-order valence-electron chi connectivity index (χ1n) is 12.5. The molecule has 2 amide bonds. The fraction of sp³-hybridized carbons (Fsp3) is 0.379. The van der Waals surface area contributed by atoms with Crippen LogP contribution in [0.2, 0.25) is 0 Å². The van der Waals surface area contributed by atoms with Crippen LogP contribution in [0.5, 0.6) is 11.5 Å². The molecule has 1 aromatic heterocycles. The van der Waals surface area contributed by atoms with Crippen LogP contribution in [0.4, 0.5) is 13.2 Å². The number of benzene rings is 2. The van der Waals surface area contributed by atoms with Crippen molar-refractivity contribution in [1.29, 1.82) is 0 Å². The highest BCUT2D eigenvalue weighted by Crippen LogP contribution is 2.30. The van der Waals surface area contributed by atoms with Crippen molar-refractivity contribution < 1.29 is 37.0 Å². The maximum atomic E-state index is 13.6. The Kier molecular flexibility index (Phi) is 11.0. The average molecular weight is 579 g/mol. The average Bonchev–Trinajstić information content (AvgIpc) is 3.35. The van der Waals surface area contributed by atoms with Crippen LogP contribution < -0.4 is 9.47 Å². The van der Waals surface area contributed by atoms with Crippen LogP contribution in [-0.2, 0) is 28.7 Å². The lowest BCUT2D eigenvalue weighted by Gasteiger charge is -2.28. The quantitative estimate of drug-likeness (QED) is 0.270. The van der Waals surface area contributed by atoms with Crippen LogP contribution in [0.3, 0.4) is 0 Å². The van der Waals surface area contributed by atoms with Crippen molar-refractivity contribution in [3.8, 4) is 11.5 Å². The van der Waals surface area contributed by atoms with E-state index < -0.39 is 17.6 Å². The summed E-state index contributed by atoms with van der Waals surface area (Å²) in [5.74, 6) is 0.347. The van der Waals surface area contributed by atoms with Gasteiger partial charge in [-0.3, -0.25) is 9.59 Å². The summed E-state index contributed by atoms with van der Waals surface area (Å²) in [5.41, 5.74) is 1.21. The maximum Gasteiger partial charge on any atom is 0.416 e. The molecule has 0 saturated heterocycles. The molecule has 0 bridgehead atoms. The summed E-state index contributed by atoms with van der Waals surface area (Å²) in [5, 5.41) is 1.96. The highest BCUT2D eigenvalue weighted by atomic mass is 32.1. The third-order valence-corrected chi connectivity index (χ3v) is 7.42. The highest BCUT2D eigenvalue weighted by Gasteiger charge is 2.31. The SMILES string of the molecule is COCCN(CC(=O)N(CCc1ccc(OC)c(OC)c1)Cc1sccc1C)C(=O)c1ccc(C(F)(F)F)cc1. The monoisotopic (exact) mass is 578 g/mol. The van der Waals surface area contributed by atoms with E-state index in [9.17, 15) is 22.8 Å². The smallest absolute Gasteiger partial charge is 0.416 e. The molecule has 216 valence electrons. The number of carbonyl (C=O) groups is 2. The second kappa shape index (κ2) is 14.2. The Morgan fingerprint density at radius 1 is 0.900 bits per heavy atom. The van der Waals surface area contributed by atoms with E-state index in [4.69, 9.17) is 14.2 Å². The Labute approximate surface area is 236 Å². The zero-order chi connectivity index (χ0) is 29.3. The van der Waals surface area contributed by atoms with Crippen molar-refractivity contribution in [2.24, 2.45) is 0 Å². The number of rotatable bonds is 13. The molecule has 0 aliphatic rings. The Morgan fingerprint density at radius 2 is 1.60 bits per heavy atom. The summed E-state index contributed by atoms with van der Waals surface area (Å²) < 4.78 is 54.8. The Balaban J connectivity index is 1.81. The van der Waals surface area contributed by atoms with E-state index in [2.05, 4.69) is 0 Å². The van der Waals surface area contributed by atoms with Crippen molar-refractivity contribution in [1.82, 2.24) is 9.80 Å². The Bertz CT molecular complexity index is 1280. The molecule has 0 unspecified atom stereocenters. The minimum atomic E-state index is -4.51. The number of hydrogen-bond donors (Lipinski definition) is 0. The van der Waals surface area contributed by atoms with E-state index in [-0.39, 0.29) is 31.2 Å². The number of aryl methyl sites for hydroxylation is 1. The van der Waals surface area contributed by atoms with Gasteiger partial charge in [-0.1, -0.05) is 6.07 Å². The highest BCUT2D eigenvalue weighted by molar-refractivity contribution is 7.10. The number of ether oxygens (including phenoxy) is 3. The minimum absolute atomic E-state index is 0.0582. The van der Waals surface area contributed by atoms with Crippen molar-refractivity contribution >= 4 is 23.2 Å². The van der Waals surface area contributed by atoms with Gasteiger partial charge in [-0.15, -0.1) is 11.3 Å². The lowest BCUT2D eigenvalue weighted by atomic mass is 10.1. The summed E-state index contributed by atoms with van der Waals surface area (Å²) in [6, 6.07) is 11.5. The van der Waals surface area contributed by atoms with Crippen LogP contribution in [0.1, 0.15) is 31.9 Å². The summed E-state index contributed by atoms with van der Waals surface area (Å²) >= 11 is 1.54. The first-order valence-corrected chi connectivity index (χ1v) is 13.4. The third kappa shape index (κ3) is 8.22. The van der Waals surface area contributed by atoms with Crippen LogP contribution in [-0.4, -0.2) is 69.2 Å². The Morgan fingerprint density at radius 3 is 2.17 bits per heavy atom. The molecule has 2 aromatic carbocycles. The second-order valence-corrected chi connectivity index (χ2v) is 10.1. The lowest BCUT2D eigenvalue weighted by Crippen LogP contribution is -2.44. The first kappa shape index (κ1) is 31.0. The zero-order valence-corrected chi connectivity index (χ0v) is 23.7. The van der Waals surface area contributed by atoms with E-state index in [0.717, 1.165) is 40.3 Å². The van der Waals surface area contributed by atoms with Crippen LogP contribution in [0.25, 0.3) is 0 Å². The van der Waals surface area contributed by atoms with Crippen LogP contribution >= 0.6 is 11.3 Å². The van der Waals surface area contributed by atoms with Gasteiger partial charge < -0.3 is 24.0 Å². The molecule has 1 heterocycles. The normalized spacial score (nSPS) is 11.3. The van der Waals surface area contributed by atoms with Gasteiger partial charge in [0.1, 0.15) is 6.54 Å². The summed E-state index contributed by atoms with van der Waals surface area (Å²) in [6.45, 7) is 2.72. The van der Waals surface area contributed by atoms with Gasteiger partial charge in [-0.05, 0) is 72.3 Å². The van der Waals surface area contributed by atoms with Gasteiger partial charge in [0, 0.05) is 30.6 Å². The number of thiophene rings is 1. The summed E-state index contributed by atoms with van der Waals surface area (Å²) in [6.07, 6.45) is -3.98. The summed E-state index contributed by atoms with van der Waals surface area (Å²) in [4.78, 5) is 30.9. The number of amides is 2. The van der Waals surface area contributed by atoms with Crippen molar-refractivity contribution in [2.45, 2.75) is 26.1 Å². The molecule has 0 N–H and O–H groups in total. The second-order valence-electron chi connectivity index (χ2n) is 9.08. The summed E-state index contributed by atoms with van der Waals surface area (Å²) in [7, 11) is 4.58. The van der Waals surface area contributed by atoms with E-state index in [1.54, 1.807) is 36.5 Å². The molecular weight excluding hydrogens is 545 g/mol. The number of carbonyl (C=O) groups excluding carboxylic acids is 2. The molecule has 40 heavy (non-hydrogen) atoms. The third-order valence-electron chi connectivity index (χ3n) is 6.41. The predicted molar refractivity (Wildman–Crippen MR) is 147 cm³/mol. The van der Waals surface area contributed by atoms with E-state index in [0.29, 0.717) is 31.0 Å². The first-order chi connectivity index (χ1) is 19.1. The van der Waals surface area contributed by atoms with Gasteiger partial charge >= 0.3 is 6.18 Å². The topological polar surface area (TPSA) is 68.3 Å². The fourth-order valence-corrected chi connectivity index (χ4v) is 4.95. The predicted octanol–water partition coefficient (Wildman–Crippen LogP) is 5.45. The van der Waals surface area contributed by atoms with Gasteiger partial charge in [0.05, 0.1) is 32.9 Å². The van der Waals surface area contributed by atoms with Crippen molar-refractivity contribution in [3.05, 3.63) is 81.0 Å². The molecule has 0 fully saturated rings. The molecule has 0 aliphatic carbocycles. The minimum Gasteiger partial charge on any atom is -0.493 e. The zero-order valence-electron chi connectivity index (χ0n) is 22.9. The molecule has 3 rings (SSSR count). The van der Waals surface area contributed by atoms with Gasteiger partial charge in [0.15, 0.2) is 11.5 Å². The number of alkyl halides is 3. The molecule has 11 heteroatoms. The lowest BCUT2D eigenvalue weighted by molar-refractivity contribution is -0.137. The van der Waals surface area contributed by atoms with Crippen LogP contribution in [0.15, 0.2) is 53.9 Å². The maximum absolute atomic E-state index is 13.6. The van der Waals surface area contributed by atoms with Crippen LogP contribution in [0, 0.1) is 6.92 Å². The molecule has 0 radical (unpaired) electrons. The van der Waals surface area contributed by atoms with E-state index >= 15 is 0 Å². The largest absolute Gasteiger partial charge is 0.493 e. The van der Waals surface area contributed by atoms with Crippen molar-refractivity contribution in [2.75, 3.05) is 47.6 Å². The Hall–Kier alpha value is -3.57.